The molecule has 2 aromatic carbocycles. The van der Waals surface area contributed by atoms with Crippen LogP contribution in [0.5, 0.6) is 11.5 Å². The quantitative estimate of drug-likeness (QED) is 0.592. The molecule has 0 saturated carbocycles. The van der Waals surface area contributed by atoms with Gasteiger partial charge in [-0.3, -0.25) is 4.79 Å². The molecule has 31 heavy (non-hydrogen) atoms. The fourth-order valence-electron chi connectivity index (χ4n) is 3.78. The van der Waals surface area contributed by atoms with E-state index in [2.05, 4.69) is 10.2 Å². The summed E-state index contributed by atoms with van der Waals surface area (Å²) in [4.78, 5) is 14.5. The molecule has 2 aliphatic rings. The number of aromatic nitrogens is 2. The van der Waals surface area contributed by atoms with E-state index in [0.29, 0.717) is 41.9 Å². The number of fused-ring (bicyclic) bond motifs is 1. The Hall–Kier alpha value is -3.68. The van der Waals surface area contributed by atoms with E-state index in [1.54, 1.807) is 29.2 Å². The lowest BCUT2D eigenvalue weighted by Crippen LogP contribution is -2.38. The third kappa shape index (κ3) is 4.14. The maximum atomic E-state index is 13.1. The summed E-state index contributed by atoms with van der Waals surface area (Å²) in [5.41, 5.74) is 1.53. The van der Waals surface area contributed by atoms with Crippen LogP contribution in [0.2, 0.25) is 0 Å². The van der Waals surface area contributed by atoms with E-state index < -0.39 is 0 Å². The Bertz CT molecular complexity index is 1130. The molecule has 1 fully saturated rings. The van der Waals surface area contributed by atoms with Gasteiger partial charge in [-0.15, -0.1) is 10.2 Å². The molecule has 0 radical (unpaired) electrons. The van der Waals surface area contributed by atoms with E-state index in [-0.39, 0.29) is 24.4 Å². The number of amides is 1. The summed E-state index contributed by atoms with van der Waals surface area (Å²) in [5.74, 6) is 1.82. The predicted octanol–water partition coefficient (Wildman–Crippen LogP) is 4.02. The Kier molecular flexibility index (Phi) is 5.11. The number of hydrogen-bond donors (Lipinski definition) is 0. The molecule has 1 amide bonds. The van der Waals surface area contributed by atoms with Gasteiger partial charge >= 0.3 is 0 Å². The first-order chi connectivity index (χ1) is 15.2. The second kappa shape index (κ2) is 8.22. The van der Waals surface area contributed by atoms with Crippen molar-refractivity contribution in [1.29, 1.82) is 0 Å². The largest absolute Gasteiger partial charge is 0.454 e. The number of halogens is 1. The highest BCUT2D eigenvalue weighted by molar-refractivity contribution is 5.92. The zero-order valence-corrected chi connectivity index (χ0v) is 16.7. The number of likely N-dealkylation sites (tertiary alicyclic amines) is 1. The van der Waals surface area contributed by atoms with Gasteiger partial charge in [0.25, 0.3) is 0 Å². The molecular formula is C23H20FN3O4. The van der Waals surface area contributed by atoms with Crippen molar-refractivity contribution in [3.05, 3.63) is 65.8 Å². The van der Waals surface area contributed by atoms with E-state index in [1.807, 2.05) is 18.2 Å². The molecule has 1 unspecified atom stereocenters. The van der Waals surface area contributed by atoms with Gasteiger partial charge in [0.1, 0.15) is 5.82 Å². The minimum absolute atomic E-state index is 0.0293. The Morgan fingerprint density at radius 1 is 1.10 bits per heavy atom. The molecule has 1 aromatic heterocycles. The van der Waals surface area contributed by atoms with Crippen LogP contribution in [-0.4, -0.2) is 40.9 Å². The molecule has 0 spiro atoms. The number of benzene rings is 2. The molecule has 3 heterocycles. The van der Waals surface area contributed by atoms with Crippen molar-refractivity contribution in [2.75, 3.05) is 19.9 Å². The zero-order chi connectivity index (χ0) is 21.2. The summed E-state index contributed by atoms with van der Waals surface area (Å²) in [6, 6.07) is 11.5. The van der Waals surface area contributed by atoms with Gasteiger partial charge in [-0.2, -0.15) is 0 Å². The van der Waals surface area contributed by atoms with Crippen LogP contribution in [-0.2, 0) is 4.79 Å². The highest BCUT2D eigenvalue weighted by atomic mass is 19.1. The molecule has 0 N–H and O–H groups in total. The first-order valence-electron chi connectivity index (χ1n) is 10.1. The first-order valence-corrected chi connectivity index (χ1v) is 10.1. The summed E-state index contributed by atoms with van der Waals surface area (Å²) in [6.45, 7) is 1.41. The Balaban J connectivity index is 1.25. The van der Waals surface area contributed by atoms with Crippen molar-refractivity contribution >= 4 is 12.0 Å². The fourth-order valence-corrected chi connectivity index (χ4v) is 3.78. The van der Waals surface area contributed by atoms with Gasteiger partial charge in [0.2, 0.25) is 24.5 Å². The molecule has 8 heteroatoms. The van der Waals surface area contributed by atoms with Gasteiger partial charge in [0, 0.05) is 24.7 Å². The second-order valence-electron chi connectivity index (χ2n) is 7.52. The van der Waals surface area contributed by atoms with E-state index in [9.17, 15) is 9.18 Å². The van der Waals surface area contributed by atoms with Gasteiger partial charge < -0.3 is 18.8 Å². The molecule has 0 bridgehead atoms. The van der Waals surface area contributed by atoms with Crippen LogP contribution >= 0.6 is 0 Å². The molecule has 3 aromatic rings. The molecule has 158 valence electrons. The Morgan fingerprint density at radius 3 is 2.81 bits per heavy atom. The Labute approximate surface area is 178 Å². The molecule has 0 aliphatic carbocycles. The van der Waals surface area contributed by atoms with Crippen molar-refractivity contribution in [1.82, 2.24) is 15.1 Å². The number of ether oxygens (including phenoxy) is 2. The number of hydrogen-bond acceptors (Lipinski definition) is 6. The average molecular weight is 421 g/mol. The van der Waals surface area contributed by atoms with Gasteiger partial charge in [0.15, 0.2) is 11.5 Å². The van der Waals surface area contributed by atoms with Gasteiger partial charge in [0.05, 0.1) is 5.92 Å². The maximum absolute atomic E-state index is 13.1. The summed E-state index contributed by atoms with van der Waals surface area (Å²) >= 11 is 0. The lowest BCUT2D eigenvalue weighted by molar-refractivity contribution is -0.127. The van der Waals surface area contributed by atoms with Crippen LogP contribution in [0.25, 0.3) is 17.5 Å². The zero-order valence-electron chi connectivity index (χ0n) is 16.7. The summed E-state index contributed by atoms with van der Waals surface area (Å²) in [5, 5.41) is 8.25. The predicted molar refractivity (Wildman–Crippen MR) is 110 cm³/mol. The Morgan fingerprint density at radius 2 is 1.94 bits per heavy atom. The molecule has 7 nitrogen and oxygen atoms in total. The normalized spacial score (nSPS) is 18.0. The van der Waals surface area contributed by atoms with E-state index >= 15 is 0 Å². The molecular weight excluding hydrogens is 401 g/mol. The number of piperidine rings is 1. The number of rotatable bonds is 4. The van der Waals surface area contributed by atoms with Crippen molar-refractivity contribution in [3.8, 4) is 23.0 Å². The lowest BCUT2D eigenvalue weighted by Gasteiger charge is -2.30. The molecule has 1 saturated heterocycles. The van der Waals surface area contributed by atoms with E-state index in [4.69, 9.17) is 13.9 Å². The summed E-state index contributed by atoms with van der Waals surface area (Å²) in [7, 11) is 0. The SMILES string of the molecule is O=C(/C=C/c1ccc2c(c1)OCO2)N1CCCC(c2nnc(-c3ccc(F)cc3)o2)C1. The van der Waals surface area contributed by atoms with E-state index in [0.717, 1.165) is 18.4 Å². The van der Waals surface area contributed by atoms with Crippen LogP contribution in [0.1, 0.15) is 30.2 Å². The van der Waals surface area contributed by atoms with Crippen molar-refractivity contribution in [3.63, 3.8) is 0 Å². The second-order valence-corrected chi connectivity index (χ2v) is 7.52. The fraction of sp³-hybridized carbons (Fsp3) is 0.261. The van der Waals surface area contributed by atoms with Crippen molar-refractivity contribution < 1.29 is 23.1 Å². The van der Waals surface area contributed by atoms with Gasteiger partial charge in [-0.1, -0.05) is 6.07 Å². The van der Waals surface area contributed by atoms with Gasteiger partial charge in [-0.05, 0) is 60.9 Å². The minimum atomic E-state index is -0.321. The third-order valence-electron chi connectivity index (χ3n) is 5.43. The standard InChI is InChI=1S/C23H20FN3O4/c24-18-7-5-16(6-8-18)22-25-26-23(31-22)17-2-1-11-27(13-17)21(28)10-4-15-3-9-19-20(12-15)30-14-29-19/h3-10,12,17H,1-2,11,13-14H2/b10-4+. The highest BCUT2D eigenvalue weighted by Crippen LogP contribution is 2.33. The average Bonchev–Trinajstić information content (AvgIpc) is 3.47. The monoisotopic (exact) mass is 421 g/mol. The highest BCUT2D eigenvalue weighted by Gasteiger charge is 2.28. The van der Waals surface area contributed by atoms with Crippen molar-refractivity contribution in [2.45, 2.75) is 18.8 Å². The van der Waals surface area contributed by atoms with Crippen LogP contribution in [0, 0.1) is 5.82 Å². The van der Waals surface area contributed by atoms with Crippen LogP contribution in [0.15, 0.2) is 53.0 Å². The number of nitrogens with zero attached hydrogens (tertiary/aromatic N) is 3. The number of carbonyl (C=O) groups excluding carboxylic acids is 1. The topological polar surface area (TPSA) is 77.7 Å². The molecule has 2 aliphatic heterocycles. The van der Waals surface area contributed by atoms with E-state index in [1.165, 1.54) is 12.1 Å². The molecule has 1 atom stereocenters. The van der Waals surface area contributed by atoms with Gasteiger partial charge in [-0.25, -0.2) is 4.39 Å². The van der Waals surface area contributed by atoms with Crippen molar-refractivity contribution in [2.24, 2.45) is 0 Å². The van der Waals surface area contributed by atoms with Crippen LogP contribution < -0.4 is 9.47 Å². The molecule has 5 rings (SSSR count). The summed E-state index contributed by atoms with van der Waals surface area (Å²) in [6.07, 6.45) is 5.05. The first kappa shape index (κ1) is 19.3. The smallest absolute Gasteiger partial charge is 0.247 e. The lowest BCUT2D eigenvalue weighted by atomic mass is 9.98. The third-order valence-corrected chi connectivity index (χ3v) is 5.43. The number of carbonyl (C=O) groups is 1. The summed E-state index contributed by atoms with van der Waals surface area (Å²) < 4.78 is 29.6. The van der Waals surface area contributed by atoms with Crippen LogP contribution in [0.4, 0.5) is 4.39 Å². The van der Waals surface area contributed by atoms with Crippen LogP contribution in [0.3, 0.4) is 0 Å². The maximum Gasteiger partial charge on any atom is 0.247 e. The minimum Gasteiger partial charge on any atom is -0.454 e.